The van der Waals surface area contributed by atoms with Crippen molar-refractivity contribution in [1.29, 1.82) is 0 Å². The molecule has 0 heterocycles. The van der Waals surface area contributed by atoms with Crippen LogP contribution in [0.1, 0.15) is 53.4 Å². The van der Waals surface area contributed by atoms with Crippen LogP contribution >= 0.6 is 0 Å². The van der Waals surface area contributed by atoms with Gasteiger partial charge in [-0.3, -0.25) is 0 Å². The van der Waals surface area contributed by atoms with Gasteiger partial charge in [-0.1, -0.05) is 27.7 Å². The fourth-order valence-corrected chi connectivity index (χ4v) is 5.09. The maximum Gasteiger partial charge on any atom is 0.0568 e. The Labute approximate surface area is 99.6 Å². The molecular weight excluding hydrogens is 196 g/mol. The molecule has 0 spiro atoms. The van der Waals surface area contributed by atoms with E-state index in [-0.39, 0.29) is 6.10 Å². The molecule has 0 radical (unpaired) electrons. The Morgan fingerprint density at radius 1 is 1.06 bits per heavy atom. The van der Waals surface area contributed by atoms with Gasteiger partial charge in [-0.15, -0.1) is 0 Å². The van der Waals surface area contributed by atoms with E-state index in [4.69, 9.17) is 0 Å². The van der Waals surface area contributed by atoms with E-state index in [0.29, 0.717) is 16.7 Å². The summed E-state index contributed by atoms with van der Waals surface area (Å²) >= 11 is 0. The molecule has 0 amide bonds. The van der Waals surface area contributed by atoms with Crippen LogP contribution in [-0.4, -0.2) is 11.2 Å². The predicted molar refractivity (Wildman–Crippen MR) is 66.0 cm³/mol. The normalized spacial score (nSPS) is 58.7. The summed E-state index contributed by atoms with van der Waals surface area (Å²) in [7, 11) is 0. The van der Waals surface area contributed by atoms with E-state index < -0.39 is 0 Å². The number of hydrogen-bond acceptors (Lipinski definition) is 1. The van der Waals surface area contributed by atoms with E-state index in [1.807, 2.05) is 0 Å². The molecule has 3 rings (SSSR count). The number of fused-ring (bicyclic) bond motifs is 2. The fourth-order valence-electron chi connectivity index (χ4n) is 5.09. The van der Waals surface area contributed by atoms with Crippen molar-refractivity contribution in [3.05, 3.63) is 0 Å². The Morgan fingerprint density at radius 2 is 1.75 bits per heavy atom. The van der Waals surface area contributed by atoms with Crippen molar-refractivity contribution < 1.29 is 5.11 Å². The lowest BCUT2D eigenvalue weighted by Gasteiger charge is -2.50. The van der Waals surface area contributed by atoms with Gasteiger partial charge in [0.25, 0.3) is 0 Å². The lowest BCUT2D eigenvalue weighted by atomic mass is 9.56. The highest BCUT2D eigenvalue weighted by molar-refractivity contribution is 5.13. The van der Waals surface area contributed by atoms with Gasteiger partial charge < -0.3 is 5.11 Å². The molecular formula is C15H26O. The number of aliphatic hydroxyl groups excluding tert-OH is 1. The quantitative estimate of drug-likeness (QED) is 0.665. The molecule has 3 saturated carbocycles. The van der Waals surface area contributed by atoms with E-state index in [0.717, 1.165) is 24.2 Å². The third kappa shape index (κ3) is 1.27. The maximum absolute atomic E-state index is 10.1. The van der Waals surface area contributed by atoms with Gasteiger partial charge in [-0.25, -0.2) is 0 Å². The minimum Gasteiger partial charge on any atom is -0.393 e. The molecule has 1 heteroatoms. The predicted octanol–water partition coefficient (Wildman–Crippen LogP) is 3.47. The Bertz CT molecular complexity index is 309. The second-order valence-electron chi connectivity index (χ2n) is 7.70. The molecule has 0 unspecified atom stereocenters. The molecule has 16 heavy (non-hydrogen) atoms. The second kappa shape index (κ2) is 3.04. The fraction of sp³-hybridized carbons (Fsp3) is 1.00. The van der Waals surface area contributed by atoms with E-state index in [1.165, 1.54) is 19.3 Å². The van der Waals surface area contributed by atoms with Crippen LogP contribution in [0.3, 0.4) is 0 Å². The summed E-state index contributed by atoms with van der Waals surface area (Å²) in [5, 5.41) is 10.1. The van der Waals surface area contributed by atoms with Gasteiger partial charge in [0.05, 0.1) is 6.10 Å². The van der Waals surface area contributed by atoms with Crippen LogP contribution in [0.2, 0.25) is 0 Å². The average Bonchev–Trinajstić information content (AvgIpc) is 2.73. The zero-order chi connectivity index (χ0) is 11.7. The Balaban J connectivity index is 1.86. The zero-order valence-corrected chi connectivity index (χ0v) is 11.2. The van der Waals surface area contributed by atoms with Crippen LogP contribution in [-0.2, 0) is 0 Å². The molecule has 0 aliphatic heterocycles. The molecule has 3 aliphatic rings. The van der Waals surface area contributed by atoms with Crippen molar-refractivity contribution in [3.8, 4) is 0 Å². The molecule has 1 N–H and O–H groups in total. The van der Waals surface area contributed by atoms with Gasteiger partial charge in [0, 0.05) is 0 Å². The SMILES string of the molecule is C[C@H]1[C@@H](O)CC[C@@]2(C)C[C@H]3[C@@H](C[C@@H]12)C3(C)C. The van der Waals surface area contributed by atoms with Crippen molar-refractivity contribution >= 4 is 0 Å². The van der Waals surface area contributed by atoms with Crippen molar-refractivity contribution in [1.82, 2.24) is 0 Å². The summed E-state index contributed by atoms with van der Waals surface area (Å²) in [5.41, 5.74) is 1.14. The third-order valence-corrected chi connectivity index (χ3v) is 6.63. The first-order valence-electron chi connectivity index (χ1n) is 7.04. The highest BCUT2D eigenvalue weighted by atomic mass is 16.3. The smallest absolute Gasteiger partial charge is 0.0568 e. The van der Waals surface area contributed by atoms with Crippen molar-refractivity contribution in [2.45, 2.75) is 59.5 Å². The molecule has 0 aromatic carbocycles. The van der Waals surface area contributed by atoms with Crippen LogP contribution in [0.25, 0.3) is 0 Å². The van der Waals surface area contributed by atoms with Gasteiger partial charge in [0.2, 0.25) is 0 Å². The standard InChI is InChI=1S/C15H26O/c1-9-10-7-11-12(14(11,2)3)8-15(10,4)6-5-13(9)16/h9-13,16H,5-8H2,1-4H3/t9-,10+,11-,12+,13+,15+/m1/s1. The Hall–Kier alpha value is -0.0400. The van der Waals surface area contributed by atoms with Gasteiger partial charge in [-0.2, -0.15) is 0 Å². The van der Waals surface area contributed by atoms with Crippen molar-refractivity contribution in [3.63, 3.8) is 0 Å². The van der Waals surface area contributed by atoms with Crippen LogP contribution < -0.4 is 0 Å². The van der Waals surface area contributed by atoms with Crippen molar-refractivity contribution in [2.75, 3.05) is 0 Å². The minimum absolute atomic E-state index is 0.0310. The van der Waals surface area contributed by atoms with Crippen molar-refractivity contribution in [2.24, 2.45) is 34.5 Å². The first-order valence-corrected chi connectivity index (χ1v) is 7.04. The largest absolute Gasteiger partial charge is 0.393 e. The first-order chi connectivity index (χ1) is 7.36. The molecule has 0 aromatic heterocycles. The topological polar surface area (TPSA) is 20.2 Å². The van der Waals surface area contributed by atoms with Gasteiger partial charge >= 0.3 is 0 Å². The summed E-state index contributed by atoms with van der Waals surface area (Å²) in [6, 6.07) is 0. The second-order valence-corrected chi connectivity index (χ2v) is 7.70. The summed E-state index contributed by atoms with van der Waals surface area (Å²) < 4.78 is 0. The molecule has 3 aliphatic carbocycles. The molecule has 0 bridgehead atoms. The lowest BCUT2D eigenvalue weighted by Crippen LogP contribution is -2.45. The van der Waals surface area contributed by atoms with E-state index in [2.05, 4.69) is 27.7 Å². The molecule has 3 fully saturated rings. The monoisotopic (exact) mass is 222 g/mol. The van der Waals surface area contributed by atoms with Crippen LogP contribution in [0.4, 0.5) is 0 Å². The summed E-state index contributed by atoms with van der Waals surface area (Å²) in [6.45, 7) is 9.67. The van der Waals surface area contributed by atoms with E-state index in [1.54, 1.807) is 0 Å². The number of rotatable bonds is 0. The molecule has 92 valence electrons. The van der Waals surface area contributed by atoms with Crippen LogP contribution in [0, 0.1) is 34.5 Å². The zero-order valence-electron chi connectivity index (χ0n) is 11.2. The molecule has 6 atom stereocenters. The molecule has 0 saturated heterocycles. The maximum atomic E-state index is 10.1. The van der Waals surface area contributed by atoms with Crippen LogP contribution in [0.5, 0.6) is 0 Å². The average molecular weight is 222 g/mol. The highest BCUT2D eigenvalue weighted by Gasteiger charge is 2.65. The van der Waals surface area contributed by atoms with Crippen LogP contribution in [0.15, 0.2) is 0 Å². The number of aliphatic hydroxyl groups is 1. The summed E-state index contributed by atoms with van der Waals surface area (Å²) in [6.07, 6.45) is 5.06. The third-order valence-electron chi connectivity index (χ3n) is 6.63. The molecule has 0 aromatic rings. The van der Waals surface area contributed by atoms with Gasteiger partial charge in [-0.05, 0) is 60.2 Å². The van der Waals surface area contributed by atoms with E-state index >= 15 is 0 Å². The first kappa shape index (κ1) is 11.1. The van der Waals surface area contributed by atoms with Gasteiger partial charge in [0.15, 0.2) is 0 Å². The summed E-state index contributed by atoms with van der Waals surface area (Å²) in [4.78, 5) is 0. The Kier molecular flexibility index (Phi) is 2.11. The lowest BCUT2D eigenvalue weighted by molar-refractivity contribution is -0.0574. The van der Waals surface area contributed by atoms with E-state index in [9.17, 15) is 5.11 Å². The summed E-state index contributed by atoms with van der Waals surface area (Å²) in [5.74, 6) is 3.24. The molecule has 1 nitrogen and oxygen atoms in total. The minimum atomic E-state index is -0.0310. The number of hydrogen-bond donors (Lipinski definition) is 1. The highest BCUT2D eigenvalue weighted by Crippen LogP contribution is 2.71. The van der Waals surface area contributed by atoms with Gasteiger partial charge in [0.1, 0.15) is 0 Å². The Morgan fingerprint density at radius 3 is 2.44 bits per heavy atom.